The fourth-order valence-electron chi connectivity index (χ4n) is 1.17. The second-order valence-electron chi connectivity index (χ2n) is 3.00. The van der Waals surface area contributed by atoms with Crippen LogP contribution in [0.1, 0.15) is 17.2 Å². The van der Waals surface area contributed by atoms with Gasteiger partial charge < -0.3 is 15.9 Å². The van der Waals surface area contributed by atoms with Gasteiger partial charge in [0.05, 0.1) is 12.6 Å². The zero-order chi connectivity index (χ0) is 9.68. The summed E-state index contributed by atoms with van der Waals surface area (Å²) >= 11 is 0. The third kappa shape index (κ3) is 2.81. The summed E-state index contributed by atoms with van der Waals surface area (Å²) in [6.07, 6.45) is 0.661. The van der Waals surface area contributed by atoms with Gasteiger partial charge in [0.1, 0.15) is 0 Å². The van der Waals surface area contributed by atoms with E-state index in [9.17, 15) is 0 Å². The lowest BCUT2D eigenvalue weighted by molar-refractivity contribution is 0.268. The number of rotatable bonds is 4. The van der Waals surface area contributed by atoms with Crippen LogP contribution in [0.15, 0.2) is 24.3 Å². The number of hydrogen-bond acceptors (Lipinski definition) is 3. The monoisotopic (exact) mass is 181 g/mol. The smallest absolute Gasteiger partial charge is 0.0624 e. The maximum atomic E-state index is 8.80. The molecule has 1 aromatic carbocycles. The van der Waals surface area contributed by atoms with Crippen LogP contribution in [0.4, 0.5) is 0 Å². The maximum absolute atomic E-state index is 8.80. The molecule has 0 fully saturated rings. The molecule has 1 aromatic rings. The molecule has 0 aliphatic heterocycles. The molecule has 0 aliphatic rings. The molecule has 13 heavy (non-hydrogen) atoms. The quantitative estimate of drug-likeness (QED) is 0.622. The van der Waals surface area contributed by atoms with Crippen molar-refractivity contribution in [3.05, 3.63) is 35.4 Å². The second-order valence-corrected chi connectivity index (χ2v) is 3.00. The minimum Gasteiger partial charge on any atom is -0.396 e. The van der Waals surface area contributed by atoms with Crippen molar-refractivity contribution >= 4 is 0 Å². The van der Waals surface area contributed by atoms with Crippen LogP contribution in [-0.4, -0.2) is 23.4 Å². The number of aliphatic hydroxyl groups is 2. The second kappa shape index (κ2) is 4.97. The van der Waals surface area contributed by atoms with Gasteiger partial charge in [0.15, 0.2) is 0 Å². The maximum Gasteiger partial charge on any atom is 0.0624 e. The first-order valence-electron chi connectivity index (χ1n) is 4.34. The van der Waals surface area contributed by atoms with Crippen LogP contribution >= 0.6 is 0 Å². The Kier molecular flexibility index (Phi) is 3.89. The normalized spacial score (nSPS) is 12.8. The van der Waals surface area contributed by atoms with E-state index in [-0.39, 0.29) is 19.3 Å². The van der Waals surface area contributed by atoms with Gasteiger partial charge in [-0.2, -0.15) is 0 Å². The average Bonchev–Trinajstić information content (AvgIpc) is 2.18. The van der Waals surface area contributed by atoms with E-state index in [1.165, 1.54) is 0 Å². The minimum atomic E-state index is -0.303. The van der Waals surface area contributed by atoms with Gasteiger partial charge in [-0.1, -0.05) is 24.3 Å². The Hall–Kier alpha value is -0.900. The van der Waals surface area contributed by atoms with Crippen molar-refractivity contribution in [1.82, 2.24) is 0 Å². The van der Waals surface area contributed by atoms with Gasteiger partial charge >= 0.3 is 0 Å². The molecule has 0 bridgehead atoms. The molecule has 1 rings (SSSR count). The highest BCUT2D eigenvalue weighted by Gasteiger charge is 2.02. The van der Waals surface area contributed by atoms with Crippen molar-refractivity contribution < 1.29 is 10.2 Å². The lowest BCUT2D eigenvalue weighted by atomic mass is 10.0. The van der Waals surface area contributed by atoms with Crippen LogP contribution in [0.3, 0.4) is 0 Å². The summed E-state index contributed by atoms with van der Waals surface area (Å²) in [6.45, 7) is 0.116. The molecule has 1 unspecified atom stereocenters. The Morgan fingerprint density at radius 3 is 2.23 bits per heavy atom. The zero-order valence-corrected chi connectivity index (χ0v) is 7.48. The van der Waals surface area contributed by atoms with Gasteiger partial charge in [-0.05, 0) is 17.5 Å². The standard InChI is InChI=1S/C10H15NO2/c11-10(7-13)9-3-1-8(2-4-9)5-6-12/h1-4,10,12-13H,5-7,11H2. The molecule has 0 spiro atoms. The molecule has 0 saturated heterocycles. The number of aliphatic hydroxyl groups excluding tert-OH is 2. The molecule has 0 radical (unpaired) electrons. The molecular weight excluding hydrogens is 166 g/mol. The fourth-order valence-corrected chi connectivity index (χ4v) is 1.17. The molecule has 4 N–H and O–H groups in total. The summed E-state index contributed by atoms with van der Waals surface area (Å²) in [5.41, 5.74) is 7.62. The van der Waals surface area contributed by atoms with Crippen LogP contribution in [0.5, 0.6) is 0 Å². The summed E-state index contributed by atoms with van der Waals surface area (Å²) in [7, 11) is 0. The van der Waals surface area contributed by atoms with Crippen molar-refractivity contribution in [2.75, 3.05) is 13.2 Å². The van der Waals surface area contributed by atoms with Crippen LogP contribution in [0, 0.1) is 0 Å². The van der Waals surface area contributed by atoms with Gasteiger partial charge in [-0.3, -0.25) is 0 Å². The SMILES string of the molecule is NC(CO)c1ccc(CCO)cc1. The first kappa shape index (κ1) is 10.2. The fraction of sp³-hybridized carbons (Fsp3) is 0.400. The van der Waals surface area contributed by atoms with E-state index in [2.05, 4.69) is 0 Å². The van der Waals surface area contributed by atoms with Gasteiger partial charge in [0, 0.05) is 6.61 Å². The third-order valence-corrected chi connectivity index (χ3v) is 2.01. The van der Waals surface area contributed by atoms with E-state index in [4.69, 9.17) is 15.9 Å². The Bertz CT molecular complexity index is 246. The molecule has 0 heterocycles. The highest BCUT2D eigenvalue weighted by atomic mass is 16.3. The predicted octanol–water partition coefficient (Wildman–Crippen LogP) is 0.213. The van der Waals surface area contributed by atoms with E-state index < -0.39 is 0 Å². The van der Waals surface area contributed by atoms with E-state index in [1.54, 1.807) is 0 Å². The minimum absolute atomic E-state index is 0.0423. The molecule has 0 amide bonds. The first-order chi connectivity index (χ1) is 6.27. The van der Waals surface area contributed by atoms with Crippen LogP contribution in [0.2, 0.25) is 0 Å². The largest absolute Gasteiger partial charge is 0.396 e. The summed E-state index contributed by atoms with van der Waals surface area (Å²) < 4.78 is 0. The summed E-state index contributed by atoms with van der Waals surface area (Å²) in [5, 5.41) is 17.5. The van der Waals surface area contributed by atoms with Crippen LogP contribution in [-0.2, 0) is 6.42 Å². The molecule has 0 saturated carbocycles. The summed E-state index contributed by atoms with van der Waals surface area (Å²) in [6, 6.07) is 7.29. The van der Waals surface area contributed by atoms with E-state index >= 15 is 0 Å². The third-order valence-electron chi connectivity index (χ3n) is 2.01. The topological polar surface area (TPSA) is 66.5 Å². The van der Waals surface area contributed by atoms with E-state index in [0.717, 1.165) is 11.1 Å². The number of benzene rings is 1. The first-order valence-corrected chi connectivity index (χ1v) is 4.34. The Labute approximate surface area is 77.8 Å². The van der Waals surface area contributed by atoms with Gasteiger partial charge in [0.25, 0.3) is 0 Å². The molecule has 3 nitrogen and oxygen atoms in total. The van der Waals surface area contributed by atoms with Crippen molar-refractivity contribution in [1.29, 1.82) is 0 Å². The Balaban J connectivity index is 2.69. The van der Waals surface area contributed by atoms with Gasteiger partial charge in [-0.25, -0.2) is 0 Å². The van der Waals surface area contributed by atoms with Crippen molar-refractivity contribution in [2.45, 2.75) is 12.5 Å². The predicted molar refractivity (Wildman–Crippen MR) is 51.2 cm³/mol. The summed E-state index contributed by atoms with van der Waals surface area (Å²) in [5.74, 6) is 0. The van der Waals surface area contributed by atoms with E-state index in [1.807, 2.05) is 24.3 Å². The lowest BCUT2D eigenvalue weighted by Gasteiger charge is -2.08. The van der Waals surface area contributed by atoms with Crippen molar-refractivity contribution in [2.24, 2.45) is 5.73 Å². The molecule has 3 heteroatoms. The number of nitrogens with two attached hydrogens (primary N) is 1. The van der Waals surface area contributed by atoms with Gasteiger partial charge in [0.2, 0.25) is 0 Å². The summed E-state index contributed by atoms with van der Waals surface area (Å²) in [4.78, 5) is 0. The molecule has 72 valence electrons. The molecule has 1 atom stereocenters. The molecule has 0 aliphatic carbocycles. The van der Waals surface area contributed by atoms with Crippen LogP contribution in [0.25, 0.3) is 0 Å². The van der Waals surface area contributed by atoms with Gasteiger partial charge in [-0.15, -0.1) is 0 Å². The van der Waals surface area contributed by atoms with E-state index in [0.29, 0.717) is 6.42 Å². The molecule has 0 aromatic heterocycles. The Morgan fingerprint density at radius 2 is 1.77 bits per heavy atom. The molecular formula is C10H15NO2. The number of hydrogen-bond donors (Lipinski definition) is 3. The van der Waals surface area contributed by atoms with Crippen molar-refractivity contribution in [3.8, 4) is 0 Å². The average molecular weight is 181 g/mol. The lowest BCUT2D eigenvalue weighted by Crippen LogP contribution is -2.14. The zero-order valence-electron chi connectivity index (χ0n) is 7.48. The van der Waals surface area contributed by atoms with Crippen molar-refractivity contribution in [3.63, 3.8) is 0 Å². The highest BCUT2D eigenvalue weighted by Crippen LogP contribution is 2.11. The Morgan fingerprint density at radius 1 is 1.15 bits per heavy atom. The highest BCUT2D eigenvalue weighted by molar-refractivity contribution is 5.24. The van der Waals surface area contributed by atoms with Crippen LogP contribution < -0.4 is 5.73 Å².